The van der Waals surface area contributed by atoms with E-state index in [1.54, 1.807) is 0 Å². The Morgan fingerprint density at radius 1 is 1.42 bits per heavy atom. The third-order valence-corrected chi connectivity index (χ3v) is 3.94. The Bertz CT molecular complexity index is 584. The first-order chi connectivity index (χ1) is 9.19. The number of para-hydroxylation sites is 1. The molecule has 0 amide bonds. The Morgan fingerprint density at radius 2 is 2.26 bits per heavy atom. The lowest BCUT2D eigenvalue weighted by Gasteiger charge is -2.20. The van der Waals surface area contributed by atoms with Crippen molar-refractivity contribution in [2.45, 2.75) is 38.0 Å². The highest BCUT2D eigenvalue weighted by atomic mass is 35.5. The molecule has 2 heterocycles. The fourth-order valence-corrected chi connectivity index (χ4v) is 2.87. The van der Waals surface area contributed by atoms with Crippen molar-refractivity contribution in [1.82, 2.24) is 5.43 Å². The van der Waals surface area contributed by atoms with Crippen LogP contribution in [-0.2, 0) is 4.74 Å². The van der Waals surface area contributed by atoms with Crippen LogP contribution in [0.5, 0.6) is 0 Å². The van der Waals surface area contributed by atoms with Crippen LogP contribution in [-0.4, -0.2) is 12.2 Å². The quantitative estimate of drug-likeness (QED) is 0.670. The number of fused-ring (bicyclic) bond motifs is 1. The molecule has 0 aliphatic carbocycles. The van der Waals surface area contributed by atoms with Gasteiger partial charge in [0.05, 0.1) is 17.2 Å². The van der Waals surface area contributed by atoms with Gasteiger partial charge in [0, 0.05) is 5.39 Å². The van der Waals surface area contributed by atoms with Crippen LogP contribution < -0.4 is 11.3 Å². The molecule has 0 saturated carbocycles. The van der Waals surface area contributed by atoms with Gasteiger partial charge in [-0.15, -0.1) is 0 Å². The topological polar surface area (TPSA) is 60.4 Å². The highest BCUT2D eigenvalue weighted by Crippen LogP contribution is 2.34. The van der Waals surface area contributed by atoms with Crippen LogP contribution in [0.2, 0.25) is 5.02 Å². The van der Waals surface area contributed by atoms with Gasteiger partial charge in [-0.05, 0) is 31.9 Å². The van der Waals surface area contributed by atoms with Gasteiger partial charge in [-0.3, -0.25) is 5.84 Å². The van der Waals surface area contributed by atoms with Gasteiger partial charge in [0.15, 0.2) is 5.58 Å². The van der Waals surface area contributed by atoms with E-state index < -0.39 is 0 Å². The second kappa shape index (κ2) is 5.13. The number of halogens is 1. The molecule has 1 saturated heterocycles. The van der Waals surface area contributed by atoms with Crippen LogP contribution in [0.25, 0.3) is 11.0 Å². The lowest BCUT2D eigenvalue weighted by atomic mass is 10.1. The third-order valence-electron chi connectivity index (χ3n) is 3.64. The van der Waals surface area contributed by atoms with E-state index in [4.69, 9.17) is 26.6 Å². The Balaban J connectivity index is 1.95. The molecular weight excluding hydrogens is 264 g/mol. The monoisotopic (exact) mass is 280 g/mol. The maximum Gasteiger partial charge on any atom is 0.152 e. The number of rotatable bonds is 3. The summed E-state index contributed by atoms with van der Waals surface area (Å²) in [7, 11) is 0. The molecule has 3 N–H and O–H groups in total. The van der Waals surface area contributed by atoms with Crippen molar-refractivity contribution in [2.75, 3.05) is 0 Å². The Labute approximate surface area is 116 Å². The molecule has 1 aliphatic rings. The molecule has 3 atom stereocenters. The largest absolute Gasteiger partial charge is 0.458 e. The van der Waals surface area contributed by atoms with Crippen molar-refractivity contribution in [3.8, 4) is 0 Å². The van der Waals surface area contributed by atoms with Gasteiger partial charge in [-0.25, -0.2) is 5.43 Å². The molecular formula is C14H17ClN2O2. The first-order valence-electron chi connectivity index (χ1n) is 6.48. The van der Waals surface area contributed by atoms with Gasteiger partial charge in [0.1, 0.15) is 11.8 Å². The minimum Gasteiger partial charge on any atom is -0.458 e. The van der Waals surface area contributed by atoms with E-state index in [0.29, 0.717) is 10.6 Å². The van der Waals surface area contributed by atoms with Crippen molar-refractivity contribution < 1.29 is 9.15 Å². The number of hydrogen-bond acceptors (Lipinski definition) is 4. The minimum absolute atomic E-state index is 0.0411. The number of hydrazine groups is 1. The Morgan fingerprint density at radius 3 is 2.89 bits per heavy atom. The van der Waals surface area contributed by atoms with Gasteiger partial charge in [-0.1, -0.05) is 23.7 Å². The summed E-state index contributed by atoms with van der Waals surface area (Å²) in [6.07, 6.45) is 2.33. The summed E-state index contributed by atoms with van der Waals surface area (Å²) >= 11 is 6.12. The minimum atomic E-state index is -0.145. The maximum absolute atomic E-state index is 6.12. The molecule has 5 heteroatoms. The zero-order chi connectivity index (χ0) is 13.4. The fourth-order valence-electron chi connectivity index (χ4n) is 2.65. The summed E-state index contributed by atoms with van der Waals surface area (Å²) in [5.41, 5.74) is 3.50. The molecule has 1 aliphatic heterocycles. The normalized spacial score (nSPS) is 25.0. The summed E-state index contributed by atoms with van der Waals surface area (Å²) in [6.45, 7) is 2.07. The predicted octanol–water partition coefficient (Wildman–Crippen LogP) is 3.16. The lowest BCUT2D eigenvalue weighted by Crippen LogP contribution is -2.36. The molecule has 0 radical (unpaired) electrons. The van der Waals surface area contributed by atoms with Gasteiger partial charge in [-0.2, -0.15) is 0 Å². The average molecular weight is 281 g/mol. The van der Waals surface area contributed by atoms with Crippen LogP contribution in [0.15, 0.2) is 28.7 Å². The molecule has 3 rings (SSSR count). The molecule has 1 aromatic heterocycles. The smallest absolute Gasteiger partial charge is 0.152 e. The van der Waals surface area contributed by atoms with Gasteiger partial charge in [0.2, 0.25) is 0 Å². The van der Waals surface area contributed by atoms with E-state index in [9.17, 15) is 0 Å². The second-order valence-electron chi connectivity index (χ2n) is 5.01. The van der Waals surface area contributed by atoms with Crippen molar-refractivity contribution in [3.63, 3.8) is 0 Å². The van der Waals surface area contributed by atoms with Crippen LogP contribution in [0.1, 0.15) is 31.6 Å². The van der Waals surface area contributed by atoms with E-state index in [0.717, 1.165) is 24.0 Å². The highest BCUT2D eigenvalue weighted by molar-refractivity contribution is 6.34. The van der Waals surface area contributed by atoms with E-state index in [1.165, 1.54) is 0 Å². The van der Waals surface area contributed by atoms with E-state index in [2.05, 4.69) is 12.3 Å². The van der Waals surface area contributed by atoms with E-state index in [1.807, 2.05) is 24.3 Å². The van der Waals surface area contributed by atoms with Gasteiger partial charge >= 0.3 is 0 Å². The van der Waals surface area contributed by atoms with Crippen molar-refractivity contribution in [2.24, 2.45) is 5.84 Å². The Kier molecular flexibility index (Phi) is 3.50. The summed E-state index contributed by atoms with van der Waals surface area (Å²) in [6, 6.07) is 7.52. The number of furan rings is 1. The van der Waals surface area contributed by atoms with Crippen molar-refractivity contribution >= 4 is 22.6 Å². The fraction of sp³-hybridized carbons (Fsp3) is 0.429. The van der Waals surface area contributed by atoms with Crippen LogP contribution in [0, 0.1) is 0 Å². The maximum atomic E-state index is 6.12. The van der Waals surface area contributed by atoms with Crippen molar-refractivity contribution in [1.29, 1.82) is 0 Å². The number of benzene rings is 1. The predicted molar refractivity (Wildman–Crippen MR) is 74.9 cm³/mol. The molecule has 19 heavy (non-hydrogen) atoms. The molecule has 4 nitrogen and oxygen atoms in total. The zero-order valence-electron chi connectivity index (χ0n) is 10.7. The highest BCUT2D eigenvalue weighted by Gasteiger charge is 2.32. The summed E-state index contributed by atoms with van der Waals surface area (Å²) in [5, 5.41) is 1.59. The second-order valence-corrected chi connectivity index (χ2v) is 5.42. The first-order valence-corrected chi connectivity index (χ1v) is 6.86. The van der Waals surface area contributed by atoms with Crippen molar-refractivity contribution in [3.05, 3.63) is 35.0 Å². The molecule has 102 valence electrons. The standard InChI is InChI=1S/C14H17ClN2O2/c1-8-5-6-11(18-8)13(17-16)12-7-9-3-2-4-10(15)14(9)19-12/h2-4,7-8,11,13,17H,5-6,16H2,1H3. The summed E-state index contributed by atoms with van der Waals surface area (Å²) < 4.78 is 11.7. The number of ether oxygens (including phenoxy) is 1. The molecule has 1 fully saturated rings. The molecule has 3 unspecified atom stereocenters. The Hall–Kier alpha value is -1.07. The molecule has 0 spiro atoms. The zero-order valence-corrected chi connectivity index (χ0v) is 11.5. The van der Waals surface area contributed by atoms with E-state index >= 15 is 0 Å². The summed E-state index contributed by atoms with van der Waals surface area (Å²) in [4.78, 5) is 0. The lowest BCUT2D eigenvalue weighted by molar-refractivity contribution is 0.0271. The third kappa shape index (κ3) is 2.37. The molecule has 0 bridgehead atoms. The number of hydrogen-bond donors (Lipinski definition) is 2. The van der Waals surface area contributed by atoms with Crippen LogP contribution >= 0.6 is 11.6 Å². The average Bonchev–Trinajstić information content (AvgIpc) is 2.98. The molecule has 2 aromatic rings. The number of nitrogens with one attached hydrogen (secondary N) is 1. The summed E-state index contributed by atoms with van der Waals surface area (Å²) in [5.74, 6) is 6.44. The molecule has 1 aromatic carbocycles. The van der Waals surface area contributed by atoms with Gasteiger partial charge < -0.3 is 9.15 Å². The van der Waals surface area contributed by atoms with Crippen LogP contribution in [0.4, 0.5) is 0 Å². The van der Waals surface area contributed by atoms with Crippen LogP contribution in [0.3, 0.4) is 0 Å². The van der Waals surface area contributed by atoms with Gasteiger partial charge in [0.25, 0.3) is 0 Å². The number of nitrogens with two attached hydrogens (primary N) is 1. The van der Waals surface area contributed by atoms with E-state index in [-0.39, 0.29) is 18.2 Å². The SMILES string of the molecule is CC1CCC(C(NN)c2cc3cccc(Cl)c3o2)O1. The first kappa shape index (κ1) is 12.9.